The molecule has 0 spiro atoms. The van der Waals surface area contributed by atoms with Gasteiger partial charge >= 0.3 is 5.51 Å². The number of aryl methyl sites for hydroxylation is 1. The van der Waals surface area contributed by atoms with Crippen molar-refractivity contribution in [3.8, 4) is 0 Å². The lowest BCUT2D eigenvalue weighted by Gasteiger charge is -2.08. The van der Waals surface area contributed by atoms with Crippen molar-refractivity contribution in [1.82, 2.24) is 9.55 Å². The van der Waals surface area contributed by atoms with Gasteiger partial charge in [-0.15, -0.1) is 0 Å². The molecule has 0 fully saturated rings. The molecule has 8 bridgehead atoms. The van der Waals surface area contributed by atoms with Crippen LogP contribution in [-0.4, -0.2) is 51.1 Å². The van der Waals surface area contributed by atoms with Crippen LogP contribution < -0.4 is 10.7 Å². The number of aromatic amines is 1. The second-order valence-electron chi connectivity index (χ2n) is 7.69. The number of alkyl halides is 3. The van der Waals surface area contributed by atoms with E-state index in [0.717, 1.165) is 39.2 Å². The molecule has 0 saturated carbocycles. The molecule has 5 rings (SSSR count). The molecule has 3 aliphatic rings. The number of allylic oxidation sites excluding steroid dienone is 5. The molecule has 2 aromatic rings. The predicted molar refractivity (Wildman–Crippen MR) is 122 cm³/mol. The number of likely N-dealkylation sites (N-methyl/N-ethyl adjacent to an activating group) is 1. The van der Waals surface area contributed by atoms with Crippen LogP contribution in [0.1, 0.15) is 11.3 Å². The second-order valence-corrected chi connectivity index (χ2v) is 9.06. The Bertz CT molecular complexity index is 1580. The smallest absolute Gasteiger partial charge is 0.485 e. The Hall–Kier alpha value is -3.70. The molecule has 0 amide bonds. The number of halogens is 3. The molecule has 0 aliphatic carbocycles. The largest absolute Gasteiger partial charge is 0.741 e. The molecular formula is C23H19F3N4O3S. The van der Waals surface area contributed by atoms with Crippen molar-refractivity contribution in [2.24, 2.45) is 12.0 Å². The Kier molecular flexibility index (Phi) is 5.92. The first-order valence-electron chi connectivity index (χ1n) is 9.95. The third-order valence-electron chi connectivity index (χ3n) is 5.18. The highest BCUT2D eigenvalue weighted by atomic mass is 32.2. The van der Waals surface area contributed by atoms with Crippen molar-refractivity contribution in [3.63, 3.8) is 0 Å². The van der Waals surface area contributed by atoms with Crippen molar-refractivity contribution >= 4 is 39.8 Å². The Morgan fingerprint density at radius 1 is 1.03 bits per heavy atom. The van der Waals surface area contributed by atoms with E-state index < -0.39 is 15.6 Å². The lowest BCUT2D eigenvalue weighted by atomic mass is 10.2. The molecule has 5 heterocycles. The summed E-state index contributed by atoms with van der Waals surface area (Å²) in [5.41, 5.74) is 0.877. The minimum Gasteiger partial charge on any atom is -0.741 e. The van der Waals surface area contributed by atoms with Crippen molar-refractivity contribution in [2.75, 3.05) is 7.05 Å². The summed E-state index contributed by atoms with van der Waals surface area (Å²) in [6.07, 6.45) is 19.1. The fourth-order valence-corrected chi connectivity index (χ4v) is 3.46. The summed E-state index contributed by atoms with van der Waals surface area (Å²) in [5, 5.41) is 2.18. The molecular weight excluding hydrogens is 469 g/mol. The first-order valence-corrected chi connectivity index (χ1v) is 11.4. The topological polar surface area (TPSA) is 93.3 Å². The van der Waals surface area contributed by atoms with Crippen LogP contribution in [-0.2, 0) is 17.2 Å². The van der Waals surface area contributed by atoms with E-state index in [1.165, 1.54) is 5.56 Å². The molecule has 0 radical (unpaired) electrons. The Morgan fingerprint density at radius 3 is 2.38 bits per heavy atom. The molecule has 0 unspecified atom stereocenters. The van der Waals surface area contributed by atoms with Crippen LogP contribution in [0.15, 0.2) is 71.2 Å². The van der Waals surface area contributed by atoms with Crippen molar-refractivity contribution < 1.29 is 30.7 Å². The van der Waals surface area contributed by atoms with Gasteiger partial charge in [0.25, 0.3) is 0 Å². The monoisotopic (exact) mass is 488 g/mol. The van der Waals surface area contributed by atoms with Gasteiger partial charge in [0.1, 0.15) is 7.05 Å². The number of hydrogen-bond donors (Lipinski definition) is 1. The lowest BCUT2D eigenvalue weighted by molar-refractivity contribution is -0.432. The molecule has 2 aromatic heterocycles. The summed E-state index contributed by atoms with van der Waals surface area (Å²) >= 11 is 0. The number of H-pyrrole nitrogens is 1. The standard InChI is InChI=1S/C22H18N4.CHF3O3S/c1-25-14-15-9-16-3-4-17(23-16)11-20-7-8-21(26(20)2)12-18-5-6-19(24-18)13-22(25)10-15;2-1(3,4)8(5,6)7/h3-14H,1-2H3;(H,5,6,7). The van der Waals surface area contributed by atoms with E-state index in [0.29, 0.717) is 0 Å². The first-order chi connectivity index (χ1) is 15.9. The number of aliphatic imine (C=N–C) groups is 1. The highest BCUT2D eigenvalue weighted by molar-refractivity contribution is 7.86. The highest BCUT2D eigenvalue weighted by Gasteiger charge is 2.36. The van der Waals surface area contributed by atoms with Crippen LogP contribution in [0.2, 0.25) is 0 Å². The average molecular weight is 488 g/mol. The van der Waals surface area contributed by atoms with Gasteiger partial charge in [0.15, 0.2) is 10.1 Å². The third kappa shape index (κ3) is 5.10. The van der Waals surface area contributed by atoms with Crippen molar-refractivity contribution in [3.05, 3.63) is 88.1 Å². The Morgan fingerprint density at radius 2 is 1.71 bits per heavy atom. The maximum atomic E-state index is 10.7. The van der Waals surface area contributed by atoms with E-state index in [-0.39, 0.29) is 0 Å². The van der Waals surface area contributed by atoms with Gasteiger partial charge in [-0.1, -0.05) is 0 Å². The van der Waals surface area contributed by atoms with Crippen LogP contribution in [0.4, 0.5) is 13.2 Å². The maximum absolute atomic E-state index is 10.7. The lowest BCUT2D eigenvalue weighted by Crippen LogP contribution is -2.21. The molecule has 0 saturated heterocycles. The molecule has 11 heteroatoms. The first kappa shape index (κ1) is 23.5. The average Bonchev–Trinajstić information content (AvgIpc) is 3.49. The van der Waals surface area contributed by atoms with Gasteiger partial charge in [0.2, 0.25) is 11.4 Å². The zero-order valence-corrected chi connectivity index (χ0v) is 18.9. The molecule has 1 N–H and O–H groups in total. The highest BCUT2D eigenvalue weighted by Crippen LogP contribution is 2.20. The number of fused-ring (bicyclic) bond motifs is 6. The van der Waals surface area contributed by atoms with E-state index >= 15 is 0 Å². The van der Waals surface area contributed by atoms with Crippen LogP contribution in [0.25, 0.3) is 18.2 Å². The molecule has 0 atom stereocenters. The molecule has 176 valence electrons. The van der Waals surface area contributed by atoms with Gasteiger partial charge in [0.05, 0.1) is 11.4 Å². The van der Waals surface area contributed by atoms with E-state index in [2.05, 4.69) is 101 Å². The van der Waals surface area contributed by atoms with E-state index in [1.807, 2.05) is 0 Å². The van der Waals surface area contributed by atoms with Gasteiger partial charge in [-0.25, -0.2) is 13.4 Å². The number of rotatable bonds is 0. The normalized spacial score (nSPS) is 16.8. The van der Waals surface area contributed by atoms with Gasteiger partial charge < -0.3 is 14.1 Å². The van der Waals surface area contributed by atoms with Gasteiger partial charge in [-0.2, -0.15) is 17.7 Å². The summed E-state index contributed by atoms with van der Waals surface area (Å²) in [4.78, 5) is 8.21. The molecule has 0 aromatic carbocycles. The minimum atomic E-state index is -6.09. The van der Waals surface area contributed by atoms with Crippen LogP contribution >= 0.6 is 0 Å². The number of hydrogen-bond acceptors (Lipinski definition) is 4. The van der Waals surface area contributed by atoms with Crippen molar-refractivity contribution in [2.45, 2.75) is 5.51 Å². The number of nitrogens with zero attached hydrogens (tertiary/aromatic N) is 3. The second kappa shape index (κ2) is 8.58. The van der Waals surface area contributed by atoms with Crippen LogP contribution in [0.3, 0.4) is 0 Å². The predicted octanol–water partition coefficient (Wildman–Crippen LogP) is 1.92. The van der Waals surface area contributed by atoms with Gasteiger partial charge in [0, 0.05) is 53.9 Å². The molecule has 34 heavy (non-hydrogen) atoms. The fourth-order valence-electron chi connectivity index (χ4n) is 3.46. The Labute approximate surface area is 193 Å². The fraction of sp³-hybridized carbons (Fsp3) is 0.130. The third-order valence-corrected chi connectivity index (χ3v) is 5.75. The van der Waals surface area contributed by atoms with Crippen molar-refractivity contribution in [1.29, 1.82) is 0 Å². The van der Waals surface area contributed by atoms with E-state index in [1.54, 1.807) is 0 Å². The quantitative estimate of drug-likeness (QED) is 0.349. The molecule has 7 nitrogen and oxygen atoms in total. The zero-order valence-electron chi connectivity index (χ0n) is 18.0. The SMILES string of the molecule is Cn1cc2cc1C=C1C=CC(=N1)C=C1C=CC(=[N+]1C)C=c1ccc([nH]1)=C2.O=S(=O)([O-])C(F)(F)F. The Balaban J connectivity index is 0.000000297. The van der Waals surface area contributed by atoms with E-state index in [9.17, 15) is 13.2 Å². The molecule has 3 aliphatic heterocycles. The van der Waals surface area contributed by atoms with E-state index in [4.69, 9.17) is 18.0 Å². The summed E-state index contributed by atoms with van der Waals surface area (Å²) < 4.78 is 63.2. The van der Waals surface area contributed by atoms with Gasteiger partial charge in [-0.3, -0.25) is 0 Å². The van der Waals surface area contributed by atoms with Gasteiger partial charge in [-0.05, 0) is 48.1 Å². The summed E-state index contributed by atoms with van der Waals surface area (Å²) in [6, 6.07) is 6.40. The number of nitrogens with one attached hydrogen (secondary N) is 1. The minimum absolute atomic E-state index is 0.972. The summed E-state index contributed by atoms with van der Waals surface area (Å²) in [7, 11) is -1.95. The number of aromatic nitrogens is 2. The summed E-state index contributed by atoms with van der Waals surface area (Å²) in [6.45, 7) is 0. The van der Waals surface area contributed by atoms with Crippen LogP contribution in [0.5, 0.6) is 0 Å². The van der Waals surface area contributed by atoms with Crippen LogP contribution in [0, 0.1) is 0 Å². The maximum Gasteiger partial charge on any atom is 0.485 e. The zero-order chi connectivity index (χ0) is 24.7. The summed E-state index contributed by atoms with van der Waals surface area (Å²) in [5.74, 6) is 0.